The molecule has 0 fully saturated rings. The summed E-state index contributed by atoms with van der Waals surface area (Å²) >= 11 is 0. The van der Waals surface area contributed by atoms with Crippen LogP contribution in [0.4, 0.5) is 0 Å². The average molecular weight is 400 g/mol. The van der Waals surface area contributed by atoms with Crippen molar-refractivity contribution in [2.45, 2.75) is 19.4 Å². The highest BCUT2D eigenvalue weighted by molar-refractivity contribution is 5.55. The van der Waals surface area contributed by atoms with E-state index in [2.05, 4.69) is 11.1 Å². The van der Waals surface area contributed by atoms with Crippen molar-refractivity contribution in [3.8, 4) is 17.6 Å². The van der Waals surface area contributed by atoms with Gasteiger partial charge in [0.1, 0.15) is 23.1 Å². The maximum Gasteiger partial charge on any atom is 0.259 e. The number of methoxy groups -OCH3 is 1. The lowest BCUT2D eigenvalue weighted by atomic mass is 9.84. The molecule has 1 aliphatic heterocycles. The van der Waals surface area contributed by atoms with E-state index in [1.54, 1.807) is 42.3 Å². The van der Waals surface area contributed by atoms with E-state index in [0.717, 1.165) is 16.8 Å². The van der Waals surface area contributed by atoms with Crippen LogP contribution in [-0.4, -0.2) is 16.7 Å². The Morgan fingerprint density at radius 2 is 2.07 bits per heavy atom. The molecule has 150 valence electrons. The van der Waals surface area contributed by atoms with E-state index in [-0.39, 0.29) is 17.0 Å². The number of aromatic nitrogens is 2. The molecule has 4 rings (SSSR count). The molecule has 0 bridgehead atoms. The molecule has 7 heteroatoms. The Morgan fingerprint density at radius 3 is 2.70 bits per heavy atom. The van der Waals surface area contributed by atoms with E-state index in [1.807, 2.05) is 31.2 Å². The second-order valence-electron chi connectivity index (χ2n) is 7.01. The Balaban J connectivity index is 1.90. The SMILES string of the molecule is COc1ccc([C@@H]2C(C#N)=C(N)Oc3cc(C)n(Cc4cccnc4)c(=O)c32)cc1. The van der Waals surface area contributed by atoms with Gasteiger partial charge in [0, 0.05) is 24.2 Å². The first kappa shape index (κ1) is 19.3. The van der Waals surface area contributed by atoms with Crippen LogP contribution in [0.1, 0.15) is 28.3 Å². The molecule has 2 aromatic heterocycles. The highest BCUT2D eigenvalue weighted by Gasteiger charge is 2.34. The third-order valence-electron chi connectivity index (χ3n) is 5.20. The minimum absolute atomic E-state index is 0.00891. The summed E-state index contributed by atoms with van der Waals surface area (Å²) in [5.74, 6) is 0.434. The van der Waals surface area contributed by atoms with Crippen molar-refractivity contribution in [1.82, 2.24) is 9.55 Å². The normalized spacial score (nSPS) is 15.2. The Morgan fingerprint density at radius 1 is 1.30 bits per heavy atom. The third kappa shape index (κ3) is 3.29. The number of aryl methyl sites for hydroxylation is 1. The molecule has 30 heavy (non-hydrogen) atoms. The van der Waals surface area contributed by atoms with E-state index in [9.17, 15) is 10.1 Å². The van der Waals surface area contributed by atoms with Gasteiger partial charge in [0.05, 0.1) is 25.1 Å². The zero-order valence-corrected chi connectivity index (χ0v) is 16.6. The van der Waals surface area contributed by atoms with Crippen LogP contribution < -0.4 is 20.8 Å². The number of ether oxygens (including phenoxy) is 2. The van der Waals surface area contributed by atoms with Crippen molar-refractivity contribution in [3.63, 3.8) is 0 Å². The monoisotopic (exact) mass is 400 g/mol. The summed E-state index contributed by atoms with van der Waals surface area (Å²) in [6.07, 6.45) is 3.41. The molecule has 0 aliphatic carbocycles. The molecule has 0 spiro atoms. The first-order chi connectivity index (χ1) is 14.5. The number of hydrogen-bond acceptors (Lipinski definition) is 6. The van der Waals surface area contributed by atoms with Crippen molar-refractivity contribution in [3.05, 3.63) is 99.1 Å². The number of fused-ring (bicyclic) bond motifs is 1. The van der Waals surface area contributed by atoms with E-state index in [0.29, 0.717) is 23.6 Å². The van der Waals surface area contributed by atoms with Crippen LogP contribution >= 0.6 is 0 Å². The van der Waals surface area contributed by atoms with Gasteiger partial charge < -0.3 is 19.8 Å². The zero-order chi connectivity index (χ0) is 21.3. The molecule has 0 radical (unpaired) electrons. The lowest BCUT2D eigenvalue weighted by molar-refractivity contribution is 0.388. The van der Waals surface area contributed by atoms with Gasteiger partial charge in [-0.1, -0.05) is 18.2 Å². The number of pyridine rings is 2. The van der Waals surface area contributed by atoms with Gasteiger partial charge in [0.25, 0.3) is 5.56 Å². The average Bonchev–Trinajstić information content (AvgIpc) is 2.76. The van der Waals surface area contributed by atoms with Gasteiger partial charge in [-0.15, -0.1) is 0 Å². The van der Waals surface area contributed by atoms with Crippen molar-refractivity contribution < 1.29 is 9.47 Å². The molecule has 0 saturated carbocycles. The topological polar surface area (TPSA) is 103 Å². The fourth-order valence-electron chi connectivity index (χ4n) is 3.69. The Hall–Kier alpha value is -4.05. The number of nitrogens with zero attached hydrogens (tertiary/aromatic N) is 3. The molecule has 7 nitrogen and oxygen atoms in total. The van der Waals surface area contributed by atoms with Crippen LogP contribution in [0.5, 0.6) is 11.5 Å². The Kier molecular flexibility index (Phi) is 4.98. The summed E-state index contributed by atoms with van der Waals surface area (Å²) in [5, 5.41) is 9.76. The smallest absolute Gasteiger partial charge is 0.259 e. The van der Waals surface area contributed by atoms with Gasteiger partial charge in [-0.3, -0.25) is 9.78 Å². The van der Waals surface area contributed by atoms with Crippen molar-refractivity contribution in [2.75, 3.05) is 7.11 Å². The summed E-state index contributed by atoms with van der Waals surface area (Å²) in [6.45, 7) is 2.20. The first-order valence-electron chi connectivity index (χ1n) is 9.38. The molecule has 2 N–H and O–H groups in total. The number of rotatable bonds is 4. The first-order valence-corrected chi connectivity index (χ1v) is 9.38. The van der Waals surface area contributed by atoms with Crippen LogP contribution in [0.3, 0.4) is 0 Å². The van der Waals surface area contributed by atoms with Crippen molar-refractivity contribution in [2.24, 2.45) is 5.73 Å². The highest BCUT2D eigenvalue weighted by atomic mass is 16.5. The second-order valence-corrected chi connectivity index (χ2v) is 7.01. The third-order valence-corrected chi connectivity index (χ3v) is 5.20. The van der Waals surface area contributed by atoms with Crippen LogP contribution in [-0.2, 0) is 6.54 Å². The summed E-state index contributed by atoms with van der Waals surface area (Å²) in [7, 11) is 1.58. The zero-order valence-electron chi connectivity index (χ0n) is 16.6. The molecule has 3 heterocycles. The number of hydrogen-bond donors (Lipinski definition) is 1. The molecule has 0 unspecified atom stereocenters. The molecule has 0 amide bonds. The molecule has 1 aliphatic rings. The van der Waals surface area contributed by atoms with Gasteiger partial charge in [-0.2, -0.15) is 5.26 Å². The van der Waals surface area contributed by atoms with Gasteiger partial charge in [0.2, 0.25) is 5.88 Å². The number of nitriles is 1. The molecule has 1 atom stereocenters. The standard InChI is InChI=1S/C23H20N4O3/c1-14-10-19-21(23(28)27(14)13-15-4-3-9-26-12-15)20(18(11-24)22(25)30-19)16-5-7-17(29-2)8-6-16/h3-10,12,20H,13,25H2,1-2H3/t20-/m1/s1. The van der Waals surface area contributed by atoms with E-state index in [1.165, 1.54) is 0 Å². The van der Waals surface area contributed by atoms with Gasteiger partial charge in [0.15, 0.2) is 0 Å². The lowest BCUT2D eigenvalue weighted by Gasteiger charge is -2.27. The summed E-state index contributed by atoms with van der Waals surface area (Å²) < 4.78 is 12.6. The van der Waals surface area contributed by atoms with E-state index >= 15 is 0 Å². The number of benzene rings is 1. The second kappa shape index (κ2) is 7.76. The quantitative estimate of drug-likeness (QED) is 0.722. The largest absolute Gasteiger partial charge is 0.497 e. The molecule has 3 aromatic rings. The molecule has 0 saturated heterocycles. The van der Waals surface area contributed by atoms with Crippen LogP contribution in [0, 0.1) is 18.3 Å². The number of nitrogens with two attached hydrogens (primary N) is 1. The number of allylic oxidation sites excluding steroid dienone is 1. The Labute approximate surface area is 173 Å². The van der Waals surface area contributed by atoms with Crippen LogP contribution in [0.2, 0.25) is 0 Å². The highest BCUT2D eigenvalue weighted by Crippen LogP contribution is 2.40. The lowest BCUT2D eigenvalue weighted by Crippen LogP contribution is -2.33. The van der Waals surface area contributed by atoms with Gasteiger partial charge in [-0.25, -0.2) is 0 Å². The summed E-state index contributed by atoms with van der Waals surface area (Å²) in [5.41, 5.74) is 8.80. The minimum Gasteiger partial charge on any atom is -0.497 e. The van der Waals surface area contributed by atoms with Crippen LogP contribution in [0.15, 0.2) is 71.1 Å². The minimum atomic E-state index is -0.627. The summed E-state index contributed by atoms with van der Waals surface area (Å²) in [6, 6.07) is 14.9. The van der Waals surface area contributed by atoms with Crippen molar-refractivity contribution in [1.29, 1.82) is 5.26 Å². The fourth-order valence-corrected chi connectivity index (χ4v) is 3.69. The Bertz CT molecular complexity index is 1220. The van der Waals surface area contributed by atoms with Gasteiger partial charge >= 0.3 is 0 Å². The van der Waals surface area contributed by atoms with E-state index in [4.69, 9.17) is 15.2 Å². The van der Waals surface area contributed by atoms with E-state index < -0.39 is 5.92 Å². The predicted octanol–water partition coefficient (Wildman–Crippen LogP) is 2.83. The molecule has 1 aromatic carbocycles. The molecular formula is C23H20N4O3. The maximum absolute atomic E-state index is 13.6. The van der Waals surface area contributed by atoms with Crippen LogP contribution in [0.25, 0.3) is 0 Å². The van der Waals surface area contributed by atoms with Gasteiger partial charge in [-0.05, 0) is 36.2 Å². The summed E-state index contributed by atoms with van der Waals surface area (Å²) in [4.78, 5) is 17.7. The van der Waals surface area contributed by atoms with Crippen molar-refractivity contribution >= 4 is 0 Å². The maximum atomic E-state index is 13.6. The predicted molar refractivity (Wildman–Crippen MR) is 111 cm³/mol. The fraction of sp³-hybridized carbons (Fsp3) is 0.174. The molecular weight excluding hydrogens is 380 g/mol.